The Labute approximate surface area is 136 Å². The topological polar surface area (TPSA) is 78.9 Å². The first-order chi connectivity index (χ1) is 10.6. The highest BCUT2D eigenvalue weighted by atomic mass is 79.9. The van der Waals surface area contributed by atoms with E-state index in [1.807, 2.05) is 25.1 Å². The molecule has 1 aliphatic rings. The molecule has 1 aromatic heterocycles. The van der Waals surface area contributed by atoms with Crippen LogP contribution in [-0.2, 0) is 0 Å². The van der Waals surface area contributed by atoms with Gasteiger partial charge in [0, 0.05) is 16.2 Å². The number of aromatic nitrogens is 2. The maximum atomic E-state index is 11.6. The number of carbonyl (C=O) groups excluding carboxylic acids is 1. The molecule has 2 amide bonds. The molecule has 0 bridgehead atoms. The molecule has 0 radical (unpaired) electrons. The summed E-state index contributed by atoms with van der Waals surface area (Å²) in [7, 11) is 0. The van der Waals surface area contributed by atoms with E-state index in [2.05, 4.69) is 42.1 Å². The molecule has 2 aromatic rings. The average molecular weight is 362 g/mol. The number of nitrogens with one attached hydrogen (secondary N) is 3. The highest BCUT2D eigenvalue weighted by Crippen LogP contribution is 2.23. The molecule has 1 heterocycles. The van der Waals surface area contributed by atoms with Gasteiger partial charge in [-0.05, 0) is 55.7 Å². The van der Waals surface area contributed by atoms with E-state index in [1.165, 1.54) is 0 Å². The minimum absolute atomic E-state index is 0.235. The molecule has 0 spiro atoms. The maximum Gasteiger partial charge on any atom is 0.320 e. The smallest absolute Gasteiger partial charge is 0.320 e. The van der Waals surface area contributed by atoms with E-state index in [0.29, 0.717) is 17.7 Å². The van der Waals surface area contributed by atoms with Crippen LogP contribution in [0.2, 0.25) is 0 Å². The van der Waals surface area contributed by atoms with E-state index in [4.69, 9.17) is 0 Å². The van der Waals surface area contributed by atoms with Crippen LogP contribution in [0, 0.1) is 6.92 Å². The van der Waals surface area contributed by atoms with Crippen molar-refractivity contribution >= 4 is 39.3 Å². The van der Waals surface area contributed by atoms with Gasteiger partial charge in [0.05, 0.1) is 0 Å². The van der Waals surface area contributed by atoms with Crippen LogP contribution in [0.5, 0.6) is 0 Å². The fourth-order valence-corrected chi connectivity index (χ4v) is 2.41. The molecule has 0 unspecified atom stereocenters. The number of halogens is 1. The van der Waals surface area contributed by atoms with Gasteiger partial charge in [-0.25, -0.2) is 4.79 Å². The number of benzene rings is 1. The predicted octanol–water partition coefficient (Wildman–Crippen LogP) is 3.58. The van der Waals surface area contributed by atoms with E-state index >= 15 is 0 Å². The Hall–Kier alpha value is -2.15. The van der Waals surface area contributed by atoms with Gasteiger partial charge >= 0.3 is 6.03 Å². The zero-order valence-electron chi connectivity index (χ0n) is 12.1. The van der Waals surface area contributed by atoms with Crippen molar-refractivity contribution in [2.45, 2.75) is 25.8 Å². The van der Waals surface area contributed by atoms with E-state index < -0.39 is 0 Å². The maximum absolute atomic E-state index is 11.6. The minimum Gasteiger partial charge on any atom is -0.339 e. The standard InChI is InChI=1S/C15H16BrN5O/c1-9-8-10(16)2-5-12(9)18-13-6-7-14(21-20-13)19-15(22)17-11-3-4-11/h2,5-8,11H,3-4H2,1H3,(H,18,20)(H2,17,19,21,22). The van der Waals surface area contributed by atoms with Crippen LogP contribution in [0.15, 0.2) is 34.8 Å². The molecule has 22 heavy (non-hydrogen) atoms. The second kappa shape index (κ2) is 6.31. The Balaban J connectivity index is 1.62. The van der Waals surface area contributed by atoms with E-state index in [1.54, 1.807) is 12.1 Å². The van der Waals surface area contributed by atoms with Gasteiger partial charge < -0.3 is 10.6 Å². The lowest BCUT2D eigenvalue weighted by Crippen LogP contribution is -2.30. The molecule has 1 aliphatic carbocycles. The summed E-state index contributed by atoms with van der Waals surface area (Å²) in [6.45, 7) is 2.01. The lowest BCUT2D eigenvalue weighted by molar-refractivity contribution is 0.251. The molecule has 1 saturated carbocycles. The Morgan fingerprint density at radius 2 is 1.91 bits per heavy atom. The Bertz CT molecular complexity index is 685. The molecule has 0 aliphatic heterocycles. The molecule has 0 atom stereocenters. The average Bonchev–Trinajstić information content (AvgIpc) is 3.28. The van der Waals surface area contributed by atoms with Crippen LogP contribution in [0.1, 0.15) is 18.4 Å². The van der Waals surface area contributed by atoms with Crippen molar-refractivity contribution in [3.8, 4) is 0 Å². The van der Waals surface area contributed by atoms with Crippen molar-refractivity contribution in [1.82, 2.24) is 15.5 Å². The number of rotatable bonds is 4. The zero-order valence-corrected chi connectivity index (χ0v) is 13.6. The van der Waals surface area contributed by atoms with E-state index in [0.717, 1.165) is 28.6 Å². The highest BCUT2D eigenvalue weighted by Gasteiger charge is 2.23. The summed E-state index contributed by atoms with van der Waals surface area (Å²) in [6, 6.07) is 9.53. The van der Waals surface area contributed by atoms with Gasteiger partial charge in [-0.15, -0.1) is 10.2 Å². The first kappa shape index (κ1) is 14.8. The van der Waals surface area contributed by atoms with Gasteiger partial charge in [0.25, 0.3) is 0 Å². The van der Waals surface area contributed by atoms with Crippen molar-refractivity contribution < 1.29 is 4.79 Å². The number of amides is 2. The number of anilines is 3. The molecule has 114 valence electrons. The molecule has 1 fully saturated rings. The summed E-state index contributed by atoms with van der Waals surface area (Å²) in [4.78, 5) is 11.6. The van der Waals surface area contributed by atoms with Crippen LogP contribution in [0.3, 0.4) is 0 Å². The number of nitrogens with zero attached hydrogens (tertiary/aromatic N) is 2. The summed E-state index contributed by atoms with van der Waals surface area (Å²) in [5, 5.41) is 16.8. The number of hydrogen-bond acceptors (Lipinski definition) is 4. The monoisotopic (exact) mass is 361 g/mol. The normalized spacial score (nSPS) is 13.5. The highest BCUT2D eigenvalue weighted by molar-refractivity contribution is 9.10. The second-order valence-corrected chi connectivity index (χ2v) is 6.18. The summed E-state index contributed by atoms with van der Waals surface area (Å²) in [6.07, 6.45) is 2.10. The second-order valence-electron chi connectivity index (χ2n) is 5.26. The van der Waals surface area contributed by atoms with Crippen LogP contribution >= 0.6 is 15.9 Å². The lowest BCUT2D eigenvalue weighted by atomic mass is 10.2. The third kappa shape index (κ3) is 3.94. The summed E-state index contributed by atoms with van der Waals surface area (Å²) >= 11 is 3.43. The van der Waals surface area contributed by atoms with Crippen molar-refractivity contribution in [2.75, 3.05) is 10.6 Å². The molecular weight excluding hydrogens is 346 g/mol. The van der Waals surface area contributed by atoms with Crippen LogP contribution in [0.4, 0.5) is 22.1 Å². The third-order valence-corrected chi connectivity index (χ3v) is 3.76. The van der Waals surface area contributed by atoms with E-state index in [-0.39, 0.29) is 6.03 Å². The van der Waals surface area contributed by atoms with Gasteiger partial charge in [0.2, 0.25) is 0 Å². The van der Waals surface area contributed by atoms with Crippen molar-refractivity contribution in [1.29, 1.82) is 0 Å². The predicted molar refractivity (Wildman–Crippen MR) is 89.4 cm³/mol. The zero-order chi connectivity index (χ0) is 15.5. The molecule has 0 saturated heterocycles. The van der Waals surface area contributed by atoms with Crippen molar-refractivity contribution in [3.05, 3.63) is 40.4 Å². The summed E-state index contributed by atoms with van der Waals surface area (Å²) in [5.41, 5.74) is 2.06. The quantitative estimate of drug-likeness (QED) is 0.777. The molecule has 3 rings (SSSR count). The molecule has 1 aromatic carbocycles. The lowest BCUT2D eigenvalue weighted by Gasteiger charge is -2.09. The molecular formula is C15H16BrN5O. The van der Waals surface area contributed by atoms with Gasteiger partial charge in [-0.3, -0.25) is 5.32 Å². The molecule has 6 nitrogen and oxygen atoms in total. The first-order valence-corrected chi connectivity index (χ1v) is 7.84. The Morgan fingerprint density at radius 3 is 2.55 bits per heavy atom. The number of hydrogen-bond donors (Lipinski definition) is 3. The van der Waals surface area contributed by atoms with Gasteiger partial charge in [0.15, 0.2) is 11.6 Å². The minimum atomic E-state index is -0.235. The van der Waals surface area contributed by atoms with Crippen molar-refractivity contribution in [2.24, 2.45) is 0 Å². The van der Waals surface area contributed by atoms with Gasteiger partial charge in [-0.1, -0.05) is 15.9 Å². The molecule has 3 N–H and O–H groups in total. The fraction of sp³-hybridized carbons (Fsp3) is 0.267. The number of carbonyl (C=O) groups is 1. The van der Waals surface area contributed by atoms with Crippen LogP contribution in [0.25, 0.3) is 0 Å². The fourth-order valence-electron chi connectivity index (χ4n) is 1.94. The summed E-state index contributed by atoms with van der Waals surface area (Å²) in [5.74, 6) is 1.05. The largest absolute Gasteiger partial charge is 0.339 e. The van der Waals surface area contributed by atoms with Gasteiger partial charge in [-0.2, -0.15) is 0 Å². The first-order valence-electron chi connectivity index (χ1n) is 7.04. The van der Waals surface area contributed by atoms with Gasteiger partial charge in [0.1, 0.15) is 0 Å². The van der Waals surface area contributed by atoms with E-state index in [9.17, 15) is 4.79 Å². The van der Waals surface area contributed by atoms with Crippen LogP contribution < -0.4 is 16.0 Å². The van der Waals surface area contributed by atoms with Crippen molar-refractivity contribution in [3.63, 3.8) is 0 Å². The van der Waals surface area contributed by atoms with Crippen LogP contribution in [-0.4, -0.2) is 22.3 Å². The summed E-state index contributed by atoms with van der Waals surface area (Å²) < 4.78 is 1.03. The number of urea groups is 1. The number of aryl methyl sites for hydroxylation is 1. The Kier molecular flexibility index (Phi) is 4.24. The molecule has 7 heteroatoms. The Morgan fingerprint density at radius 1 is 1.18 bits per heavy atom. The third-order valence-electron chi connectivity index (χ3n) is 3.27. The SMILES string of the molecule is Cc1cc(Br)ccc1Nc1ccc(NC(=O)NC2CC2)nn1.